The van der Waals surface area contributed by atoms with Crippen molar-refractivity contribution in [2.75, 3.05) is 45.6 Å². The summed E-state index contributed by atoms with van der Waals surface area (Å²) in [6.45, 7) is 4.04. The monoisotopic (exact) mass is 411 g/mol. The summed E-state index contributed by atoms with van der Waals surface area (Å²) < 4.78 is 0. The van der Waals surface area contributed by atoms with E-state index in [1.807, 2.05) is 30.5 Å². The molecule has 2 aromatic rings. The van der Waals surface area contributed by atoms with Crippen molar-refractivity contribution in [2.45, 2.75) is 25.7 Å². The Kier molecular flexibility index (Phi) is 9.03. The van der Waals surface area contributed by atoms with E-state index in [1.54, 1.807) is 0 Å². The van der Waals surface area contributed by atoms with Gasteiger partial charge >= 0.3 is 0 Å². The average Bonchev–Trinajstić information content (AvgIpc) is 3.12. The molecule has 3 rings (SSSR count). The lowest BCUT2D eigenvalue weighted by Crippen LogP contribution is -2.29. The van der Waals surface area contributed by atoms with Crippen molar-refractivity contribution in [3.63, 3.8) is 0 Å². The number of anilines is 1. The van der Waals surface area contributed by atoms with Crippen LogP contribution in [0.4, 0.5) is 5.69 Å². The van der Waals surface area contributed by atoms with Crippen molar-refractivity contribution < 1.29 is 0 Å². The zero-order chi connectivity index (χ0) is 20.5. The van der Waals surface area contributed by atoms with E-state index >= 15 is 0 Å². The second-order valence-electron chi connectivity index (χ2n) is 7.85. The van der Waals surface area contributed by atoms with E-state index in [1.165, 1.54) is 37.5 Å². The third kappa shape index (κ3) is 7.13. The molecule has 5 radical (unpaired) electrons. The molecule has 4 nitrogen and oxygen atoms in total. The first-order valence-electron chi connectivity index (χ1n) is 10.5. The number of halogens is 1. The van der Waals surface area contributed by atoms with Crippen molar-refractivity contribution in [3.8, 4) is 0 Å². The zero-order valence-corrected chi connectivity index (χ0v) is 18.3. The summed E-state index contributed by atoms with van der Waals surface area (Å²) in [6.07, 6.45) is 13.3. The van der Waals surface area contributed by atoms with Gasteiger partial charge in [0.25, 0.3) is 0 Å². The predicted molar refractivity (Wildman–Crippen MR) is 125 cm³/mol. The Morgan fingerprint density at radius 2 is 1.76 bits per heavy atom. The van der Waals surface area contributed by atoms with Gasteiger partial charge in [-0.05, 0) is 77.0 Å². The summed E-state index contributed by atoms with van der Waals surface area (Å²) >= 11 is 6.06. The van der Waals surface area contributed by atoms with Crippen molar-refractivity contribution in [1.82, 2.24) is 15.2 Å². The molecule has 1 aliphatic carbocycles. The highest BCUT2D eigenvalue weighted by atomic mass is 35.5. The molecule has 0 saturated heterocycles. The maximum absolute atomic E-state index is 6.06. The molecule has 1 fully saturated rings. The molecule has 0 unspecified atom stereocenters. The molecular formula is C24H32ClN4. The third-order valence-electron chi connectivity index (χ3n) is 5.11. The number of nitrogens with zero attached hydrogens (tertiary/aromatic N) is 2. The first-order chi connectivity index (χ1) is 14.1. The lowest BCUT2D eigenvalue weighted by molar-refractivity contribution is 0.425. The fourth-order valence-corrected chi connectivity index (χ4v) is 3.78. The molecule has 1 heterocycles. The van der Waals surface area contributed by atoms with E-state index < -0.39 is 0 Å². The van der Waals surface area contributed by atoms with Crippen molar-refractivity contribution in [3.05, 3.63) is 66.6 Å². The molecule has 1 aromatic heterocycles. The zero-order valence-electron chi connectivity index (χ0n) is 17.5. The Morgan fingerprint density at radius 3 is 2.59 bits per heavy atom. The molecule has 5 heteroatoms. The number of hydrogen-bond donors (Lipinski definition) is 2. The van der Waals surface area contributed by atoms with E-state index in [2.05, 4.69) is 53.9 Å². The molecule has 29 heavy (non-hydrogen) atoms. The summed E-state index contributed by atoms with van der Waals surface area (Å²) in [7, 11) is 4.23. The van der Waals surface area contributed by atoms with Gasteiger partial charge in [0.2, 0.25) is 0 Å². The van der Waals surface area contributed by atoms with Crippen LogP contribution in [-0.2, 0) is 0 Å². The Hall–Kier alpha value is -1.36. The fraction of sp³-hybridized carbons (Fsp3) is 0.417. The largest absolute Gasteiger partial charge is 0.384 e. The highest BCUT2D eigenvalue weighted by Crippen LogP contribution is 2.32. The van der Waals surface area contributed by atoms with Crippen molar-refractivity contribution in [1.29, 1.82) is 0 Å². The maximum Gasteiger partial charge on any atom is 0.0737 e. The van der Waals surface area contributed by atoms with E-state index in [9.17, 15) is 0 Å². The smallest absolute Gasteiger partial charge is 0.0737 e. The lowest BCUT2D eigenvalue weighted by Gasteiger charge is -2.22. The molecule has 155 valence electrons. The second kappa shape index (κ2) is 11.7. The summed E-state index contributed by atoms with van der Waals surface area (Å²) in [5.41, 5.74) is 2.07. The third-order valence-corrected chi connectivity index (χ3v) is 5.34. The van der Waals surface area contributed by atoms with E-state index in [0.29, 0.717) is 0 Å². The standard InChI is InChI=1S/C24H32ClN4/c1-29(2)18-20-9-7-8-19(20)17-26-13-5-3-4-6-14-27-23-12-15-28-24-16-21(25)10-11-22(23)24/h7-12,15-16,26H,3-6,13-14,17-18H2,1-2H3,(H,27,28). The molecule has 2 N–H and O–H groups in total. The molecular weight excluding hydrogens is 380 g/mol. The van der Waals surface area contributed by atoms with Crippen LogP contribution in [0.2, 0.25) is 5.02 Å². The van der Waals surface area contributed by atoms with Crippen LogP contribution < -0.4 is 10.6 Å². The predicted octanol–water partition coefficient (Wildman–Crippen LogP) is 4.79. The minimum atomic E-state index is 0.725. The SMILES string of the molecule is CN(C)C[C]1[CH][CH][CH][C]1CNCCCCCCNc1ccnc2cc(Cl)ccc12. The van der Waals surface area contributed by atoms with Crippen LogP contribution in [0.3, 0.4) is 0 Å². The molecule has 0 atom stereocenters. The summed E-state index contributed by atoms with van der Waals surface area (Å²) in [4.78, 5) is 6.61. The molecule has 0 bridgehead atoms. The highest BCUT2D eigenvalue weighted by molar-refractivity contribution is 6.31. The van der Waals surface area contributed by atoms with Gasteiger partial charge in [-0.2, -0.15) is 0 Å². The van der Waals surface area contributed by atoms with Gasteiger partial charge in [-0.3, -0.25) is 4.98 Å². The Balaban J connectivity index is 1.25. The Bertz CT molecular complexity index is 749. The second-order valence-corrected chi connectivity index (χ2v) is 8.29. The lowest BCUT2D eigenvalue weighted by atomic mass is 9.95. The number of rotatable bonds is 12. The first kappa shape index (κ1) is 22.3. The van der Waals surface area contributed by atoms with Crippen LogP contribution in [0.1, 0.15) is 25.7 Å². The van der Waals surface area contributed by atoms with Crippen molar-refractivity contribution in [2.24, 2.45) is 0 Å². The average molecular weight is 412 g/mol. The number of unbranched alkanes of at least 4 members (excludes halogenated alkanes) is 3. The molecule has 0 aliphatic heterocycles. The van der Waals surface area contributed by atoms with E-state index in [-0.39, 0.29) is 0 Å². The quantitative estimate of drug-likeness (QED) is 0.493. The fourth-order valence-electron chi connectivity index (χ4n) is 3.61. The van der Waals surface area contributed by atoms with Crippen LogP contribution in [0.15, 0.2) is 30.5 Å². The normalized spacial score (nSPS) is 15.6. The van der Waals surface area contributed by atoms with Gasteiger partial charge in [0.15, 0.2) is 0 Å². The van der Waals surface area contributed by atoms with Gasteiger partial charge in [-0.15, -0.1) is 0 Å². The Labute approximate surface area is 181 Å². The molecule has 0 amide bonds. The van der Waals surface area contributed by atoms with Crippen molar-refractivity contribution >= 4 is 28.2 Å². The molecule has 1 aliphatic rings. The van der Waals surface area contributed by atoms with Crippen LogP contribution in [-0.4, -0.2) is 50.2 Å². The number of fused-ring (bicyclic) bond motifs is 1. The van der Waals surface area contributed by atoms with Gasteiger partial charge in [0, 0.05) is 53.8 Å². The van der Waals surface area contributed by atoms with E-state index in [0.717, 1.165) is 47.8 Å². The van der Waals surface area contributed by atoms with E-state index in [4.69, 9.17) is 11.6 Å². The minimum absolute atomic E-state index is 0.725. The van der Waals surface area contributed by atoms with Gasteiger partial charge in [0.1, 0.15) is 0 Å². The van der Waals surface area contributed by atoms with Gasteiger partial charge in [-0.25, -0.2) is 0 Å². The topological polar surface area (TPSA) is 40.2 Å². The summed E-state index contributed by atoms with van der Waals surface area (Å²) in [5, 5.41) is 8.99. The van der Waals surface area contributed by atoms with Crippen LogP contribution >= 0.6 is 11.6 Å². The van der Waals surface area contributed by atoms with Crippen LogP contribution in [0.5, 0.6) is 0 Å². The summed E-state index contributed by atoms with van der Waals surface area (Å²) in [6, 6.07) is 7.90. The van der Waals surface area contributed by atoms with Gasteiger partial charge in [-0.1, -0.05) is 24.4 Å². The maximum atomic E-state index is 6.06. The summed E-state index contributed by atoms with van der Waals surface area (Å²) in [5.74, 6) is 2.85. The van der Waals surface area contributed by atoms with Crippen LogP contribution in [0, 0.1) is 31.1 Å². The molecule has 0 spiro atoms. The Morgan fingerprint density at radius 1 is 0.966 bits per heavy atom. The van der Waals surface area contributed by atoms with Crippen LogP contribution in [0.25, 0.3) is 10.9 Å². The number of pyridine rings is 1. The molecule has 1 aromatic carbocycles. The highest BCUT2D eigenvalue weighted by Gasteiger charge is 2.28. The molecule has 1 saturated carbocycles. The number of hydrogen-bond acceptors (Lipinski definition) is 4. The first-order valence-corrected chi connectivity index (χ1v) is 10.9. The number of benzene rings is 1. The number of nitrogens with one attached hydrogen (secondary N) is 2. The van der Waals surface area contributed by atoms with Gasteiger partial charge < -0.3 is 15.5 Å². The van der Waals surface area contributed by atoms with Gasteiger partial charge in [0.05, 0.1) is 5.52 Å². The minimum Gasteiger partial charge on any atom is -0.384 e. The number of aromatic nitrogens is 1.